The monoisotopic (exact) mass is 423 g/mol. The van der Waals surface area contributed by atoms with Crippen LogP contribution in [-0.2, 0) is 14.3 Å². The van der Waals surface area contributed by atoms with Gasteiger partial charge in [-0.05, 0) is 23.6 Å². The number of nitrogens with zero attached hydrogens (tertiary/aromatic N) is 1. The number of primary amides is 1. The van der Waals surface area contributed by atoms with Crippen molar-refractivity contribution in [2.24, 2.45) is 5.73 Å². The maximum absolute atomic E-state index is 12.2. The average molecular weight is 424 g/mol. The van der Waals surface area contributed by atoms with Crippen LogP contribution in [0.2, 0.25) is 5.02 Å². The summed E-state index contributed by atoms with van der Waals surface area (Å²) in [5.41, 5.74) is 5.34. The van der Waals surface area contributed by atoms with E-state index in [1.807, 2.05) is 6.07 Å². The van der Waals surface area contributed by atoms with E-state index in [1.165, 1.54) is 30.6 Å². The first-order valence-corrected chi connectivity index (χ1v) is 8.84. The molecule has 11 heteroatoms. The molecule has 2 rings (SSSR count). The second-order valence-electron chi connectivity index (χ2n) is 5.14. The van der Waals surface area contributed by atoms with Gasteiger partial charge < -0.3 is 25.3 Å². The number of amides is 2. The smallest absolute Gasteiger partial charge is 0.338 e. The number of hydrogen-bond donors (Lipinski definition) is 2. The maximum Gasteiger partial charge on any atom is 0.338 e. The molecule has 0 atom stereocenters. The van der Waals surface area contributed by atoms with E-state index in [9.17, 15) is 14.4 Å². The molecule has 2 amide bonds. The van der Waals surface area contributed by atoms with E-state index < -0.39 is 31.0 Å². The van der Waals surface area contributed by atoms with Gasteiger partial charge in [0.15, 0.2) is 24.7 Å². The Morgan fingerprint density at radius 2 is 2.07 bits per heavy atom. The molecule has 0 spiro atoms. The molecule has 2 aromatic rings. The lowest BCUT2D eigenvalue weighted by Gasteiger charge is -2.13. The van der Waals surface area contributed by atoms with Crippen LogP contribution in [0.15, 0.2) is 23.6 Å². The molecular weight excluding hydrogens is 410 g/mol. The fourth-order valence-electron chi connectivity index (χ4n) is 1.99. The zero-order chi connectivity index (χ0) is 20.7. The van der Waals surface area contributed by atoms with Crippen molar-refractivity contribution < 1.29 is 28.6 Å². The topological polar surface area (TPSA) is 141 Å². The number of carbonyl (C=O) groups is 3. The maximum atomic E-state index is 12.2. The summed E-state index contributed by atoms with van der Waals surface area (Å²) in [6, 6.07) is 6.02. The van der Waals surface area contributed by atoms with E-state index in [-0.39, 0.29) is 22.1 Å². The standard InChI is InChI=1S/C17H14ClN3O6S/c1-25-12-5-10(4-11(18)15(12)26-7-13(20)22)17(24)27-8-14(23)21-16-9(6-19)2-3-28-16/h2-5H,7-8H2,1H3,(H2,20,22)(H,21,23). The molecular formula is C17H14ClN3O6S. The van der Waals surface area contributed by atoms with E-state index in [1.54, 1.807) is 11.4 Å². The predicted octanol–water partition coefficient (Wildman–Crippen LogP) is 1.94. The number of nitrogens with two attached hydrogens (primary N) is 1. The molecule has 0 saturated carbocycles. The SMILES string of the molecule is COc1cc(C(=O)OCC(=O)Nc2sccc2C#N)cc(Cl)c1OCC(N)=O. The van der Waals surface area contributed by atoms with Crippen molar-refractivity contribution >= 4 is 45.7 Å². The Kier molecular flexibility index (Phi) is 7.20. The van der Waals surface area contributed by atoms with Crippen LogP contribution in [0.25, 0.3) is 0 Å². The summed E-state index contributed by atoms with van der Waals surface area (Å²) in [6.07, 6.45) is 0. The van der Waals surface area contributed by atoms with Crippen LogP contribution in [0, 0.1) is 11.3 Å². The molecule has 0 bridgehead atoms. The van der Waals surface area contributed by atoms with Crippen LogP contribution in [-0.4, -0.2) is 38.1 Å². The minimum absolute atomic E-state index is 0.00532. The lowest BCUT2D eigenvalue weighted by atomic mass is 10.2. The Hall–Kier alpha value is -3.29. The summed E-state index contributed by atoms with van der Waals surface area (Å²) in [5, 5.41) is 13.4. The van der Waals surface area contributed by atoms with Gasteiger partial charge in [-0.25, -0.2) is 4.79 Å². The Bertz CT molecular complexity index is 953. The van der Waals surface area contributed by atoms with Gasteiger partial charge in [-0.2, -0.15) is 5.26 Å². The quantitative estimate of drug-likeness (QED) is 0.618. The number of halogens is 1. The van der Waals surface area contributed by atoms with Crippen molar-refractivity contribution in [2.75, 3.05) is 25.6 Å². The van der Waals surface area contributed by atoms with E-state index >= 15 is 0 Å². The molecule has 0 radical (unpaired) electrons. The molecule has 1 aromatic carbocycles. The highest BCUT2D eigenvalue weighted by molar-refractivity contribution is 7.14. The number of nitrogens with one attached hydrogen (secondary N) is 1. The summed E-state index contributed by atoms with van der Waals surface area (Å²) < 4.78 is 15.2. The summed E-state index contributed by atoms with van der Waals surface area (Å²) in [6.45, 7) is -0.991. The molecule has 0 aliphatic heterocycles. The van der Waals surface area contributed by atoms with Gasteiger partial charge >= 0.3 is 5.97 Å². The first-order valence-electron chi connectivity index (χ1n) is 7.59. The molecule has 1 heterocycles. The third-order valence-electron chi connectivity index (χ3n) is 3.20. The highest BCUT2D eigenvalue weighted by Crippen LogP contribution is 2.36. The fourth-order valence-corrected chi connectivity index (χ4v) is 3.01. The first-order chi connectivity index (χ1) is 13.3. The largest absolute Gasteiger partial charge is 0.493 e. The minimum Gasteiger partial charge on any atom is -0.493 e. The number of hydrogen-bond acceptors (Lipinski definition) is 8. The van der Waals surface area contributed by atoms with Crippen LogP contribution >= 0.6 is 22.9 Å². The lowest BCUT2D eigenvalue weighted by molar-refractivity contribution is -0.120. The van der Waals surface area contributed by atoms with Gasteiger partial charge in [-0.15, -0.1) is 11.3 Å². The molecule has 3 N–H and O–H groups in total. The normalized spacial score (nSPS) is 9.89. The van der Waals surface area contributed by atoms with Crippen LogP contribution in [0.1, 0.15) is 15.9 Å². The highest BCUT2D eigenvalue weighted by Gasteiger charge is 2.18. The van der Waals surface area contributed by atoms with E-state index in [4.69, 9.17) is 36.8 Å². The molecule has 146 valence electrons. The van der Waals surface area contributed by atoms with Gasteiger partial charge in [0.2, 0.25) is 0 Å². The highest BCUT2D eigenvalue weighted by atomic mass is 35.5. The Morgan fingerprint density at radius 1 is 1.32 bits per heavy atom. The van der Waals surface area contributed by atoms with Gasteiger partial charge in [0.25, 0.3) is 11.8 Å². The van der Waals surface area contributed by atoms with Crippen molar-refractivity contribution in [1.29, 1.82) is 5.26 Å². The Balaban J connectivity index is 2.03. The molecule has 0 fully saturated rings. The first kappa shape index (κ1) is 21.0. The Labute approximate surface area is 168 Å². The lowest BCUT2D eigenvalue weighted by Crippen LogP contribution is -2.21. The van der Waals surface area contributed by atoms with Crippen molar-refractivity contribution in [3.05, 3.63) is 39.7 Å². The number of rotatable bonds is 8. The van der Waals surface area contributed by atoms with E-state index in [2.05, 4.69) is 5.32 Å². The number of esters is 1. The summed E-state index contributed by atoms with van der Waals surface area (Å²) in [5.74, 6) is -2.02. The zero-order valence-corrected chi connectivity index (χ0v) is 16.1. The van der Waals surface area contributed by atoms with Gasteiger partial charge in [-0.3, -0.25) is 9.59 Å². The fraction of sp³-hybridized carbons (Fsp3) is 0.176. The summed E-state index contributed by atoms with van der Waals surface area (Å²) >= 11 is 7.23. The number of methoxy groups -OCH3 is 1. The second kappa shape index (κ2) is 9.59. The predicted molar refractivity (Wildman–Crippen MR) is 101 cm³/mol. The van der Waals surface area contributed by atoms with Gasteiger partial charge in [0, 0.05) is 0 Å². The molecule has 9 nitrogen and oxygen atoms in total. The van der Waals surface area contributed by atoms with E-state index in [0.29, 0.717) is 10.6 Å². The number of thiophene rings is 1. The Morgan fingerprint density at radius 3 is 2.71 bits per heavy atom. The van der Waals surface area contributed by atoms with Gasteiger partial charge in [0.05, 0.1) is 23.3 Å². The van der Waals surface area contributed by atoms with E-state index in [0.717, 1.165) is 0 Å². The number of benzene rings is 1. The van der Waals surface area contributed by atoms with Crippen molar-refractivity contribution in [3.8, 4) is 17.6 Å². The van der Waals surface area contributed by atoms with Crippen LogP contribution in [0.4, 0.5) is 5.00 Å². The van der Waals surface area contributed by atoms with Crippen LogP contribution < -0.4 is 20.5 Å². The van der Waals surface area contributed by atoms with Crippen LogP contribution in [0.3, 0.4) is 0 Å². The van der Waals surface area contributed by atoms with Gasteiger partial charge in [-0.1, -0.05) is 11.6 Å². The number of ether oxygens (including phenoxy) is 3. The summed E-state index contributed by atoms with van der Waals surface area (Å²) in [7, 11) is 1.32. The third kappa shape index (κ3) is 5.35. The summed E-state index contributed by atoms with van der Waals surface area (Å²) in [4.78, 5) is 34.9. The van der Waals surface area contributed by atoms with Crippen molar-refractivity contribution in [3.63, 3.8) is 0 Å². The van der Waals surface area contributed by atoms with Crippen molar-refractivity contribution in [2.45, 2.75) is 0 Å². The number of carbonyl (C=O) groups excluding carboxylic acids is 3. The van der Waals surface area contributed by atoms with Crippen LogP contribution in [0.5, 0.6) is 11.5 Å². The van der Waals surface area contributed by atoms with Gasteiger partial charge in [0.1, 0.15) is 11.1 Å². The molecule has 28 heavy (non-hydrogen) atoms. The minimum atomic E-state index is -0.830. The molecule has 0 aliphatic rings. The molecule has 0 unspecified atom stereocenters. The zero-order valence-electron chi connectivity index (χ0n) is 14.5. The number of nitriles is 1. The molecule has 0 saturated heterocycles. The average Bonchev–Trinajstić information content (AvgIpc) is 3.11. The third-order valence-corrected chi connectivity index (χ3v) is 4.31. The van der Waals surface area contributed by atoms with Crippen molar-refractivity contribution in [1.82, 2.24) is 0 Å². The second-order valence-corrected chi connectivity index (χ2v) is 6.47. The number of anilines is 1. The molecule has 0 aliphatic carbocycles. The molecule has 1 aromatic heterocycles.